The van der Waals surface area contributed by atoms with Gasteiger partial charge in [-0.25, -0.2) is 9.37 Å². The van der Waals surface area contributed by atoms with Gasteiger partial charge in [0.25, 0.3) is 11.5 Å². The molecule has 4 rings (SSSR count). The van der Waals surface area contributed by atoms with Crippen molar-refractivity contribution in [2.75, 3.05) is 6.54 Å². The van der Waals surface area contributed by atoms with E-state index in [1.54, 1.807) is 33.7 Å². The van der Waals surface area contributed by atoms with Crippen molar-refractivity contribution in [2.24, 2.45) is 0 Å². The Morgan fingerprint density at radius 3 is 2.53 bits per heavy atom. The summed E-state index contributed by atoms with van der Waals surface area (Å²) in [7, 11) is 0. The average molecular weight is 478 g/mol. The van der Waals surface area contributed by atoms with Gasteiger partial charge in [-0.2, -0.15) is 0 Å². The molecule has 1 atom stereocenters. The second kappa shape index (κ2) is 9.77. The lowest BCUT2D eigenvalue weighted by Crippen LogP contribution is -2.38. The van der Waals surface area contributed by atoms with Gasteiger partial charge in [0.2, 0.25) is 0 Å². The van der Waals surface area contributed by atoms with Crippen LogP contribution in [0.3, 0.4) is 0 Å². The fourth-order valence-electron chi connectivity index (χ4n) is 4.04. The number of hydrogen-bond acceptors (Lipinski definition) is 3. The van der Waals surface area contributed by atoms with Crippen LogP contribution in [0.2, 0.25) is 5.02 Å². The largest absolute Gasteiger partial charge is 0.329 e. The topological polar surface area (TPSA) is 55.2 Å². The first kappa shape index (κ1) is 23.6. The molecule has 0 saturated heterocycles. The van der Waals surface area contributed by atoms with Crippen LogP contribution < -0.4 is 5.56 Å². The number of fused-ring (bicyclic) bond motifs is 1. The van der Waals surface area contributed by atoms with E-state index in [1.165, 1.54) is 18.2 Å². The van der Waals surface area contributed by atoms with E-state index in [4.69, 9.17) is 16.6 Å². The van der Waals surface area contributed by atoms with Crippen molar-refractivity contribution in [1.82, 2.24) is 14.5 Å². The molecule has 0 aliphatic carbocycles. The predicted molar refractivity (Wildman–Crippen MR) is 133 cm³/mol. The Labute approximate surface area is 202 Å². The lowest BCUT2D eigenvalue weighted by molar-refractivity contribution is 0.0680. The summed E-state index contributed by atoms with van der Waals surface area (Å²) in [5, 5.41) is 0.895. The second-order valence-electron chi connectivity index (χ2n) is 8.29. The molecular weight excluding hydrogens is 453 g/mol. The maximum Gasteiger partial charge on any atom is 0.266 e. The summed E-state index contributed by atoms with van der Waals surface area (Å²) in [5.41, 5.74) is 2.16. The van der Waals surface area contributed by atoms with Crippen LogP contribution in [0.4, 0.5) is 4.39 Å². The zero-order valence-corrected chi connectivity index (χ0v) is 20.0. The Morgan fingerprint density at radius 2 is 1.85 bits per heavy atom. The summed E-state index contributed by atoms with van der Waals surface area (Å²) in [6.07, 6.45) is 0.680. The molecule has 0 bridgehead atoms. The number of carbonyl (C=O) groups is 1. The van der Waals surface area contributed by atoms with Gasteiger partial charge in [0, 0.05) is 17.1 Å². The van der Waals surface area contributed by atoms with Crippen LogP contribution in [0, 0.1) is 12.7 Å². The van der Waals surface area contributed by atoms with Gasteiger partial charge in [0.1, 0.15) is 11.6 Å². The van der Waals surface area contributed by atoms with Gasteiger partial charge in [0.15, 0.2) is 0 Å². The molecule has 0 aliphatic rings. The van der Waals surface area contributed by atoms with Crippen LogP contribution in [-0.2, 0) is 0 Å². The van der Waals surface area contributed by atoms with Crippen molar-refractivity contribution in [3.05, 3.63) is 105 Å². The number of nitrogens with zero attached hydrogens (tertiary/aromatic N) is 3. The van der Waals surface area contributed by atoms with E-state index in [1.807, 2.05) is 45.0 Å². The van der Waals surface area contributed by atoms with Crippen LogP contribution in [0.25, 0.3) is 16.6 Å². The van der Waals surface area contributed by atoms with Crippen molar-refractivity contribution < 1.29 is 9.18 Å². The van der Waals surface area contributed by atoms with Gasteiger partial charge < -0.3 is 4.90 Å². The van der Waals surface area contributed by atoms with E-state index in [0.717, 1.165) is 5.56 Å². The number of benzene rings is 3. The van der Waals surface area contributed by atoms with Crippen molar-refractivity contribution in [1.29, 1.82) is 0 Å². The molecule has 174 valence electrons. The molecule has 0 spiro atoms. The molecule has 1 aromatic heterocycles. The van der Waals surface area contributed by atoms with E-state index in [2.05, 4.69) is 0 Å². The molecule has 1 amide bonds. The summed E-state index contributed by atoms with van der Waals surface area (Å²) in [4.78, 5) is 33.5. The maximum atomic E-state index is 13.8. The van der Waals surface area contributed by atoms with Crippen LogP contribution in [0.15, 0.2) is 71.5 Å². The standard InChI is InChI=1S/C27H25ClFN3O2/c1-4-14-31(26(33)19-6-5-7-21(29)15-19)18(3)25-30-24-16-20(28)10-13-23(24)27(34)32(25)22-11-8-17(2)9-12-22/h5-13,15-16,18H,4,14H2,1-3H3. The highest BCUT2D eigenvalue weighted by atomic mass is 35.5. The van der Waals surface area contributed by atoms with Gasteiger partial charge in [-0.1, -0.05) is 42.3 Å². The smallest absolute Gasteiger partial charge is 0.266 e. The van der Waals surface area contributed by atoms with Gasteiger partial charge >= 0.3 is 0 Å². The summed E-state index contributed by atoms with van der Waals surface area (Å²) in [5.74, 6) is -0.406. The molecule has 34 heavy (non-hydrogen) atoms. The van der Waals surface area contributed by atoms with Crippen LogP contribution in [0.1, 0.15) is 48.1 Å². The normalized spacial score (nSPS) is 12.0. The molecule has 1 unspecified atom stereocenters. The highest BCUT2D eigenvalue weighted by molar-refractivity contribution is 6.31. The molecule has 0 N–H and O–H groups in total. The monoisotopic (exact) mass is 477 g/mol. The molecular formula is C27H25ClFN3O2. The molecule has 0 fully saturated rings. The minimum atomic E-state index is -0.576. The molecule has 1 heterocycles. The Hall–Kier alpha value is -3.51. The third-order valence-corrected chi connectivity index (χ3v) is 6.02. The predicted octanol–water partition coefficient (Wildman–Crippen LogP) is 6.10. The summed E-state index contributed by atoms with van der Waals surface area (Å²) < 4.78 is 15.4. The minimum Gasteiger partial charge on any atom is -0.329 e. The number of aryl methyl sites for hydroxylation is 1. The van der Waals surface area contributed by atoms with Gasteiger partial charge in [-0.15, -0.1) is 0 Å². The zero-order chi connectivity index (χ0) is 24.4. The third kappa shape index (κ3) is 4.59. The highest BCUT2D eigenvalue weighted by Crippen LogP contribution is 2.26. The van der Waals surface area contributed by atoms with E-state index in [0.29, 0.717) is 40.4 Å². The Kier molecular flexibility index (Phi) is 6.80. The van der Waals surface area contributed by atoms with E-state index in [9.17, 15) is 14.0 Å². The summed E-state index contributed by atoms with van der Waals surface area (Å²) >= 11 is 6.19. The average Bonchev–Trinajstić information content (AvgIpc) is 2.82. The van der Waals surface area contributed by atoms with Crippen molar-refractivity contribution in [3.8, 4) is 5.69 Å². The van der Waals surface area contributed by atoms with Gasteiger partial charge in [0.05, 0.1) is 22.6 Å². The number of carbonyl (C=O) groups excluding carboxylic acids is 1. The summed E-state index contributed by atoms with van der Waals surface area (Å²) in [6, 6.07) is 17.6. The number of halogens is 2. The molecule has 4 aromatic rings. The zero-order valence-electron chi connectivity index (χ0n) is 19.3. The van der Waals surface area contributed by atoms with Crippen LogP contribution in [-0.4, -0.2) is 26.9 Å². The number of amides is 1. The SMILES string of the molecule is CCCN(C(=O)c1cccc(F)c1)C(C)c1nc2cc(Cl)ccc2c(=O)n1-c1ccc(C)cc1. The lowest BCUT2D eigenvalue weighted by atomic mass is 10.1. The Balaban J connectivity index is 1.92. The number of rotatable bonds is 6. The molecule has 0 radical (unpaired) electrons. The Bertz CT molecular complexity index is 1420. The fraction of sp³-hybridized carbons (Fsp3) is 0.222. The number of aromatic nitrogens is 2. The lowest BCUT2D eigenvalue weighted by Gasteiger charge is -2.30. The van der Waals surface area contributed by atoms with E-state index >= 15 is 0 Å². The van der Waals surface area contributed by atoms with E-state index in [-0.39, 0.29) is 17.0 Å². The molecule has 0 saturated carbocycles. The first-order valence-electron chi connectivity index (χ1n) is 11.2. The van der Waals surface area contributed by atoms with Crippen LogP contribution >= 0.6 is 11.6 Å². The Morgan fingerprint density at radius 1 is 1.12 bits per heavy atom. The van der Waals surface area contributed by atoms with Crippen molar-refractivity contribution in [3.63, 3.8) is 0 Å². The molecule has 5 nitrogen and oxygen atoms in total. The molecule has 0 aliphatic heterocycles. The first-order valence-corrected chi connectivity index (χ1v) is 11.5. The minimum absolute atomic E-state index is 0.244. The third-order valence-electron chi connectivity index (χ3n) is 5.79. The summed E-state index contributed by atoms with van der Waals surface area (Å²) in [6.45, 7) is 6.17. The molecule has 7 heteroatoms. The second-order valence-corrected chi connectivity index (χ2v) is 8.73. The maximum absolute atomic E-state index is 13.8. The van der Waals surface area contributed by atoms with E-state index < -0.39 is 11.9 Å². The van der Waals surface area contributed by atoms with Crippen molar-refractivity contribution in [2.45, 2.75) is 33.2 Å². The van der Waals surface area contributed by atoms with Gasteiger partial charge in [-0.3, -0.25) is 14.2 Å². The van der Waals surface area contributed by atoms with Crippen LogP contribution in [0.5, 0.6) is 0 Å². The highest BCUT2D eigenvalue weighted by Gasteiger charge is 2.27. The van der Waals surface area contributed by atoms with Gasteiger partial charge in [-0.05, 0) is 68.8 Å². The fourth-order valence-corrected chi connectivity index (χ4v) is 4.20. The molecule has 3 aromatic carbocycles. The number of hydrogen-bond donors (Lipinski definition) is 0. The quantitative estimate of drug-likeness (QED) is 0.337. The van der Waals surface area contributed by atoms with Crippen molar-refractivity contribution >= 4 is 28.4 Å². The first-order chi connectivity index (χ1) is 16.3.